The molecule has 0 amide bonds. The largest absolute Gasteiger partial charge is 0.416 e. The first-order valence-corrected chi connectivity index (χ1v) is 7.17. The van der Waals surface area contributed by atoms with E-state index < -0.39 is 44.2 Å². The zero-order valence-corrected chi connectivity index (χ0v) is 13.8. The first kappa shape index (κ1) is 19.4. The number of halogens is 8. The predicted octanol–water partition coefficient (Wildman–Crippen LogP) is 5.08. The van der Waals surface area contributed by atoms with Gasteiger partial charge in [-0.15, -0.1) is 0 Å². The first-order chi connectivity index (χ1) is 11.4. The van der Waals surface area contributed by atoms with Gasteiger partial charge in [-0.1, -0.05) is 23.2 Å². The van der Waals surface area contributed by atoms with E-state index in [1.807, 2.05) is 0 Å². The zero-order valence-electron chi connectivity index (χ0n) is 11.5. The molecule has 4 nitrogen and oxygen atoms in total. The van der Waals surface area contributed by atoms with Gasteiger partial charge in [0.2, 0.25) is 0 Å². The Hall–Kier alpha value is -1.89. The van der Waals surface area contributed by atoms with Gasteiger partial charge in [-0.3, -0.25) is 4.79 Å². The van der Waals surface area contributed by atoms with Crippen LogP contribution in [0.25, 0.3) is 5.69 Å². The third kappa shape index (κ3) is 3.86. The van der Waals surface area contributed by atoms with Crippen molar-refractivity contribution in [3.63, 3.8) is 0 Å². The summed E-state index contributed by atoms with van der Waals surface area (Å²) in [6, 6.07) is 2.47. The van der Waals surface area contributed by atoms with E-state index in [1.165, 1.54) is 6.07 Å². The third-order valence-electron chi connectivity index (χ3n) is 2.90. The van der Waals surface area contributed by atoms with Crippen LogP contribution in [0.3, 0.4) is 0 Å². The summed E-state index contributed by atoms with van der Waals surface area (Å²) in [5.41, 5.74) is -3.04. The molecule has 0 aliphatic rings. The molecular weight excluding hydrogens is 416 g/mol. The van der Waals surface area contributed by atoms with Crippen LogP contribution in [0.1, 0.15) is 21.6 Å². The molecule has 1 aromatic carbocycles. The normalized spacial score (nSPS) is 12.1. The van der Waals surface area contributed by atoms with Gasteiger partial charge in [0, 0.05) is 6.20 Å². The molecule has 1 aromatic heterocycles. The highest BCUT2D eigenvalue weighted by molar-refractivity contribution is 6.38. The smallest absolute Gasteiger partial charge is 0.286 e. The number of carbonyl (C=O) groups excluding carboxylic acids is 1. The molecule has 25 heavy (non-hydrogen) atoms. The predicted molar refractivity (Wildman–Crippen MR) is 78.4 cm³/mol. The van der Waals surface area contributed by atoms with Crippen molar-refractivity contribution < 1.29 is 26.7 Å². The summed E-state index contributed by atoms with van der Waals surface area (Å²) in [6.45, 7) is 0. The summed E-state index contributed by atoms with van der Waals surface area (Å²) in [5, 5.41) is 7.09. The Morgan fingerprint density at radius 2 is 1.68 bits per heavy atom. The van der Waals surface area contributed by atoms with E-state index in [2.05, 4.69) is 16.7 Å². The van der Waals surface area contributed by atoms with Gasteiger partial charge in [0.25, 0.3) is 5.78 Å². The van der Waals surface area contributed by atoms with Crippen LogP contribution in [0.5, 0.6) is 0 Å². The molecule has 0 spiro atoms. The lowest BCUT2D eigenvalue weighted by Crippen LogP contribution is -2.21. The number of carbonyl (C=O) groups is 1. The fourth-order valence-electron chi connectivity index (χ4n) is 1.84. The second kappa shape index (κ2) is 6.44. The SMILES string of the molecule is N#Cc1nn(-c2c(Cl)cc(C(F)(F)F)cc2Cl)cc1C(=O)C(F)(F)Cl. The van der Waals surface area contributed by atoms with Gasteiger partial charge in [0.05, 0.1) is 21.2 Å². The number of nitrogens with zero attached hydrogens (tertiary/aromatic N) is 3. The molecule has 0 aliphatic heterocycles. The Morgan fingerprint density at radius 3 is 2.08 bits per heavy atom. The molecule has 0 bridgehead atoms. The molecule has 0 unspecified atom stereocenters. The molecule has 2 aromatic rings. The van der Waals surface area contributed by atoms with Crippen molar-refractivity contribution in [2.45, 2.75) is 11.6 Å². The third-order valence-corrected chi connectivity index (χ3v) is 3.64. The maximum Gasteiger partial charge on any atom is 0.416 e. The minimum atomic E-state index is -4.73. The molecule has 1 heterocycles. The Bertz CT molecular complexity index is 873. The minimum absolute atomic E-state index is 0.329. The number of nitriles is 1. The average molecular weight is 419 g/mol. The van der Waals surface area contributed by atoms with Gasteiger partial charge in [-0.25, -0.2) is 4.68 Å². The van der Waals surface area contributed by atoms with Crippen molar-refractivity contribution in [1.29, 1.82) is 5.26 Å². The van der Waals surface area contributed by atoms with E-state index in [-0.39, 0.29) is 5.69 Å². The molecule has 0 radical (unpaired) electrons. The van der Waals surface area contributed by atoms with E-state index in [9.17, 15) is 26.7 Å². The van der Waals surface area contributed by atoms with Crippen LogP contribution in [0.4, 0.5) is 22.0 Å². The van der Waals surface area contributed by atoms with Gasteiger partial charge < -0.3 is 0 Å². The van der Waals surface area contributed by atoms with Crippen LogP contribution < -0.4 is 0 Å². The van der Waals surface area contributed by atoms with Crippen LogP contribution in [0, 0.1) is 11.3 Å². The summed E-state index contributed by atoms with van der Waals surface area (Å²) in [4.78, 5) is 11.5. The van der Waals surface area contributed by atoms with Gasteiger partial charge >= 0.3 is 11.6 Å². The van der Waals surface area contributed by atoms with Gasteiger partial charge in [0.15, 0.2) is 5.69 Å². The van der Waals surface area contributed by atoms with Gasteiger partial charge in [-0.05, 0) is 23.7 Å². The number of rotatable bonds is 3. The van der Waals surface area contributed by atoms with Crippen LogP contribution >= 0.6 is 34.8 Å². The summed E-state index contributed by atoms with van der Waals surface area (Å²) >= 11 is 16.2. The monoisotopic (exact) mass is 417 g/mol. The summed E-state index contributed by atoms with van der Waals surface area (Å²) in [6.07, 6.45) is -4.05. The van der Waals surface area contributed by atoms with Crippen LogP contribution in [0.2, 0.25) is 10.0 Å². The number of aromatic nitrogens is 2. The van der Waals surface area contributed by atoms with Crippen molar-refractivity contribution >= 4 is 40.6 Å². The van der Waals surface area contributed by atoms with E-state index in [1.54, 1.807) is 0 Å². The van der Waals surface area contributed by atoms with Crippen molar-refractivity contribution in [2.75, 3.05) is 0 Å². The lowest BCUT2D eigenvalue weighted by molar-refractivity contribution is -0.137. The van der Waals surface area contributed by atoms with Gasteiger partial charge in [-0.2, -0.15) is 32.3 Å². The van der Waals surface area contributed by atoms with Crippen LogP contribution in [-0.4, -0.2) is 20.9 Å². The Labute approximate surface area is 151 Å². The number of hydrogen-bond donors (Lipinski definition) is 0. The Kier molecular flexibility index (Phi) is 5.01. The number of alkyl halides is 6. The summed E-state index contributed by atoms with van der Waals surface area (Å²) in [7, 11) is 0. The molecule has 0 fully saturated rings. The van der Waals surface area contributed by atoms with E-state index in [4.69, 9.17) is 28.5 Å². The highest BCUT2D eigenvalue weighted by Gasteiger charge is 2.39. The second-order valence-electron chi connectivity index (χ2n) is 4.56. The lowest BCUT2D eigenvalue weighted by atomic mass is 10.1. The quantitative estimate of drug-likeness (QED) is 0.397. The summed E-state index contributed by atoms with van der Waals surface area (Å²) in [5.74, 6) is -1.91. The minimum Gasteiger partial charge on any atom is -0.286 e. The maximum absolute atomic E-state index is 13.0. The molecule has 2 rings (SSSR count). The standard InChI is InChI=1S/C13H3Cl3F5N3O/c14-7-1-5(13(19,20)21)2-8(15)10(7)24-4-6(9(3-22)23-24)11(25)12(16,17)18/h1-2,4H. The second-order valence-corrected chi connectivity index (χ2v) is 5.85. The van der Waals surface area contributed by atoms with Crippen LogP contribution in [0.15, 0.2) is 18.3 Å². The highest BCUT2D eigenvalue weighted by Crippen LogP contribution is 2.37. The number of ketones is 1. The topological polar surface area (TPSA) is 58.7 Å². The molecule has 132 valence electrons. The number of benzene rings is 1. The average Bonchev–Trinajstić information content (AvgIpc) is 2.87. The van der Waals surface area contributed by atoms with E-state index in [0.29, 0.717) is 23.0 Å². The summed E-state index contributed by atoms with van der Waals surface area (Å²) < 4.78 is 64.7. The number of Topliss-reactive ketones (excluding diaryl/α,β-unsaturated/α-hetero) is 1. The zero-order chi connectivity index (χ0) is 19.2. The van der Waals surface area contributed by atoms with Crippen molar-refractivity contribution in [2.24, 2.45) is 0 Å². The van der Waals surface area contributed by atoms with Crippen LogP contribution in [-0.2, 0) is 6.18 Å². The van der Waals surface area contributed by atoms with Gasteiger partial charge in [0.1, 0.15) is 11.8 Å². The molecule has 0 N–H and O–H groups in total. The highest BCUT2D eigenvalue weighted by atomic mass is 35.5. The van der Waals surface area contributed by atoms with E-state index >= 15 is 0 Å². The molecule has 12 heteroatoms. The Balaban J connectivity index is 2.64. The fourth-order valence-corrected chi connectivity index (χ4v) is 2.60. The lowest BCUT2D eigenvalue weighted by Gasteiger charge is -2.12. The van der Waals surface area contributed by atoms with Crippen molar-refractivity contribution in [3.05, 3.63) is 45.2 Å². The number of hydrogen-bond acceptors (Lipinski definition) is 3. The Morgan fingerprint density at radius 1 is 1.16 bits per heavy atom. The maximum atomic E-state index is 13.0. The van der Waals surface area contributed by atoms with Crippen molar-refractivity contribution in [1.82, 2.24) is 9.78 Å². The van der Waals surface area contributed by atoms with Crippen molar-refractivity contribution in [3.8, 4) is 11.8 Å². The molecule has 0 aliphatic carbocycles. The molecule has 0 saturated carbocycles. The van der Waals surface area contributed by atoms with E-state index in [0.717, 1.165) is 0 Å². The fraction of sp³-hybridized carbons (Fsp3) is 0.154. The molecule has 0 saturated heterocycles. The molecular formula is C13H3Cl3F5N3O. The molecule has 0 atom stereocenters. The first-order valence-electron chi connectivity index (χ1n) is 6.04.